The number of nitrogens with two attached hydrogens (primary N) is 1. The molecule has 2 N–H and O–H groups in total. The average molecular weight is 298 g/mol. The van der Waals surface area contributed by atoms with E-state index < -0.39 is 6.04 Å². The van der Waals surface area contributed by atoms with E-state index in [4.69, 9.17) is 10.5 Å². The third-order valence-corrected chi connectivity index (χ3v) is 3.33. The standard InChI is InChI=1S/C17H18N2O3/c1-11-7-13(9-14(18)10-20)8-12(2)17(11)22-16-5-3-15(19-21)4-6-16/h3-8,10,14H,9,18H2,1-2H3. The van der Waals surface area contributed by atoms with E-state index in [1.807, 2.05) is 26.0 Å². The topological polar surface area (TPSA) is 81.8 Å². The molecule has 0 saturated heterocycles. The van der Waals surface area contributed by atoms with Gasteiger partial charge in [-0.3, -0.25) is 0 Å². The molecule has 22 heavy (non-hydrogen) atoms. The molecule has 5 heteroatoms. The van der Waals surface area contributed by atoms with Crippen molar-refractivity contribution in [2.45, 2.75) is 26.3 Å². The quantitative estimate of drug-likeness (QED) is 0.653. The van der Waals surface area contributed by atoms with Gasteiger partial charge in [0, 0.05) is 0 Å². The first kappa shape index (κ1) is 15.9. The summed E-state index contributed by atoms with van der Waals surface area (Å²) in [6.45, 7) is 3.89. The van der Waals surface area contributed by atoms with E-state index in [0.29, 0.717) is 17.9 Å². The summed E-state index contributed by atoms with van der Waals surface area (Å²) in [5, 5.41) is 2.86. The highest BCUT2D eigenvalue weighted by molar-refractivity contribution is 5.58. The maximum atomic E-state index is 10.7. The fourth-order valence-electron chi connectivity index (χ4n) is 2.33. The lowest BCUT2D eigenvalue weighted by Crippen LogP contribution is -2.24. The molecule has 1 unspecified atom stereocenters. The fraction of sp³-hybridized carbons (Fsp3) is 0.235. The van der Waals surface area contributed by atoms with Crippen LogP contribution in [0.4, 0.5) is 5.69 Å². The number of benzene rings is 2. The Morgan fingerprint density at radius 2 is 1.77 bits per heavy atom. The van der Waals surface area contributed by atoms with Gasteiger partial charge in [0.2, 0.25) is 0 Å². The first-order valence-corrected chi connectivity index (χ1v) is 6.95. The van der Waals surface area contributed by atoms with Crippen molar-refractivity contribution in [3.8, 4) is 11.5 Å². The molecular formula is C17H18N2O3. The van der Waals surface area contributed by atoms with E-state index >= 15 is 0 Å². The summed E-state index contributed by atoms with van der Waals surface area (Å²) in [5.41, 5.74) is 8.95. The Morgan fingerprint density at radius 1 is 1.18 bits per heavy atom. The van der Waals surface area contributed by atoms with Gasteiger partial charge in [-0.2, -0.15) is 0 Å². The largest absolute Gasteiger partial charge is 0.457 e. The van der Waals surface area contributed by atoms with Crippen LogP contribution in [-0.2, 0) is 11.2 Å². The second-order valence-electron chi connectivity index (χ2n) is 5.25. The van der Waals surface area contributed by atoms with Crippen LogP contribution in [-0.4, -0.2) is 12.3 Å². The number of carbonyl (C=O) groups is 1. The lowest BCUT2D eigenvalue weighted by atomic mass is 10.0. The van der Waals surface area contributed by atoms with E-state index in [2.05, 4.69) is 5.18 Å². The van der Waals surface area contributed by atoms with Crippen molar-refractivity contribution in [2.75, 3.05) is 0 Å². The molecule has 0 aliphatic rings. The molecule has 2 aromatic carbocycles. The van der Waals surface area contributed by atoms with E-state index in [1.165, 1.54) is 0 Å². The number of rotatable bonds is 6. The summed E-state index contributed by atoms with van der Waals surface area (Å²) < 4.78 is 5.88. The summed E-state index contributed by atoms with van der Waals surface area (Å²) >= 11 is 0. The molecule has 0 aromatic heterocycles. The van der Waals surface area contributed by atoms with Gasteiger partial charge < -0.3 is 15.3 Å². The van der Waals surface area contributed by atoms with Gasteiger partial charge in [-0.25, -0.2) is 0 Å². The van der Waals surface area contributed by atoms with Crippen molar-refractivity contribution < 1.29 is 9.53 Å². The Balaban J connectivity index is 2.23. The minimum atomic E-state index is -0.492. The second-order valence-corrected chi connectivity index (χ2v) is 5.25. The molecule has 0 spiro atoms. The predicted octanol–water partition coefficient (Wildman–Crippen LogP) is 3.56. The minimum Gasteiger partial charge on any atom is -0.457 e. The van der Waals surface area contributed by atoms with Gasteiger partial charge in [0.1, 0.15) is 23.5 Å². The van der Waals surface area contributed by atoms with Crippen LogP contribution in [0, 0.1) is 18.8 Å². The molecule has 0 fully saturated rings. The van der Waals surface area contributed by atoms with Gasteiger partial charge in [-0.05, 0) is 66.4 Å². The van der Waals surface area contributed by atoms with Crippen LogP contribution in [0.25, 0.3) is 0 Å². The zero-order valence-electron chi connectivity index (χ0n) is 12.6. The molecule has 0 aliphatic carbocycles. The molecule has 0 saturated carbocycles. The van der Waals surface area contributed by atoms with Gasteiger partial charge in [0.15, 0.2) is 0 Å². The van der Waals surface area contributed by atoms with Crippen molar-refractivity contribution in [3.05, 3.63) is 58.0 Å². The molecule has 114 valence electrons. The highest BCUT2D eigenvalue weighted by Crippen LogP contribution is 2.31. The van der Waals surface area contributed by atoms with Gasteiger partial charge in [0.05, 0.1) is 6.04 Å². The van der Waals surface area contributed by atoms with Crippen molar-refractivity contribution in [1.29, 1.82) is 0 Å². The molecule has 0 radical (unpaired) electrons. The van der Waals surface area contributed by atoms with Crippen LogP contribution >= 0.6 is 0 Å². The van der Waals surface area contributed by atoms with Crippen LogP contribution in [0.3, 0.4) is 0 Å². The number of nitroso groups, excluding NO2 is 1. The van der Waals surface area contributed by atoms with Gasteiger partial charge >= 0.3 is 0 Å². The van der Waals surface area contributed by atoms with Crippen LogP contribution in [0.2, 0.25) is 0 Å². The number of nitrogens with zero attached hydrogens (tertiary/aromatic N) is 1. The predicted molar refractivity (Wildman–Crippen MR) is 85.6 cm³/mol. The Morgan fingerprint density at radius 3 is 2.27 bits per heavy atom. The van der Waals surface area contributed by atoms with E-state index in [0.717, 1.165) is 28.7 Å². The normalized spacial score (nSPS) is 11.8. The number of hydrogen-bond acceptors (Lipinski definition) is 5. The zero-order valence-corrected chi connectivity index (χ0v) is 12.6. The molecule has 0 bridgehead atoms. The van der Waals surface area contributed by atoms with Gasteiger partial charge in [-0.1, -0.05) is 12.1 Å². The summed E-state index contributed by atoms with van der Waals surface area (Å²) in [4.78, 5) is 21.1. The minimum absolute atomic E-state index is 0.360. The molecule has 1 atom stereocenters. The van der Waals surface area contributed by atoms with Crippen LogP contribution < -0.4 is 10.5 Å². The summed E-state index contributed by atoms with van der Waals surface area (Å²) in [7, 11) is 0. The van der Waals surface area contributed by atoms with E-state index in [1.54, 1.807) is 24.3 Å². The SMILES string of the molecule is Cc1cc(CC(N)C=O)cc(C)c1Oc1ccc(N=O)cc1. The van der Waals surface area contributed by atoms with Crippen LogP contribution in [0.1, 0.15) is 16.7 Å². The monoisotopic (exact) mass is 298 g/mol. The Hall–Kier alpha value is -2.53. The summed E-state index contributed by atoms with van der Waals surface area (Å²) in [6, 6.07) is 10.0. The van der Waals surface area contributed by atoms with Gasteiger partial charge in [0.25, 0.3) is 0 Å². The number of hydrogen-bond donors (Lipinski definition) is 1. The highest BCUT2D eigenvalue weighted by Gasteiger charge is 2.10. The average Bonchev–Trinajstić information content (AvgIpc) is 2.51. The molecule has 0 heterocycles. The van der Waals surface area contributed by atoms with Crippen molar-refractivity contribution in [3.63, 3.8) is 0 Å². The summed E-state index contributed by atoms with van der Waals surface area (Å²) in [5.74, 6) is 1.39. The molecule has 2 aromatic rings. The Bertz CT molecular complexity index is 658. The molecule has 0 aliphatic heterocycles. The maximum Gasteiger partial charge on any atom is 0.137 e. The second kappa shape index (κ2) is 6.95. The van der Waals surface area contributed by atoms with Crippen molar-refractivity contribution >= 4 is 12.0 Å². The smallest absolute Gasteiger partial charge is 0.137 e. The van der Waals surface area contributed by atoms with Crippen molar-refractivity contribution in [2.24, 2.45) is 10.9 Å². The Labute approximate surface area is 129 Å². The maximum absolute atomic E-state index is 10.7. The van der Waals surface area contributed by atoms with E-state index in [9.17, 15) is 9.70 Å². The number of ether oxygens (including phenoxy) is 1. The zero-order chi connectivity index (χ0) is 16.1. The first-order chi connectivity index (χ1) is 10.5. The highest BCUT2D eigenvalue weighted by atomic mass is 16.5. The summed E-state index contributed by atoms with van der Waals surface area (Å²) in [6.07, 6.45) is 1.25. The number of aryl methyl sites for hydroxylation is 2. The fourth-order valence-corrected chi connectivity index (χ4v) is 2.33. The molecule has 0 amide bonds. The Kier molecular flexibility index (Phi) is 5.01. The lowest BCUT2D eigenvalue weighted by Gasteiger charge is -2.14. The van der Waals surface area contributed by atoms with E-state index in [-0.39, 0.29) is 0 Å². The molecule has 5 nitrogen and oxygen atoms in total. The van der Waals surface area contributed by atoms with Crippen LogP contribution in [0.15, 0.2) is 41.6 Å². The number of carbonyl (C=O) groups excluding carboxylic acids is 1. The number of aldehydes is 1. The third-order valence-electron chi connectivity index (χ3n) is 3.33. The van der Waals surface area contributed by atoms with Gasteiger partial charge in [-0.15, -0.1) is 4.91 Å². The molecule has 2 rings (SSSR count). The lowest BCUT2D eigenvalue weighted by molar-refractivity contribution is -0.108. The van der Waals surface area contributed by atoms with Crippen molar-refractivity contribution in [1.82, 2.24) is 0 Å². The third kappa shape index (κ3) is 3.77. The molecular weight excluding hydrogens is 280 g/mol. The first-order valence-electron chi connectivity index (χ1n) is 6.95. The van der Waals surface area contributed by atoms with Crippen LogP contribution in [0.5, 0.6) is 11.5 Å².